The summed E-state index contributed by atoms with van der Waals surface area (Å²) in [6.45, 7) is 9.53. The van der Waals surface area contributed by atoms with Crippen molar-refractivity contribution in [1.82, 2.24) is 25.6 Å². The first-order valence-electron chi connectivity index (χ1n) is 9.88. The van der Waals surface area contributed by atoms with Gasteiger partial charge < -0.3 is 16.0 Å². The van der Waals surface area contributed by atoms with E-state index in [-0.39, 0.29) is 23.0 Å². The number of anilines is 1. The van der Waals surface area contributed by atoms with E-state index in [1.807, 2.05) is 12.1 Å². The molecule has 0 spiro atoms. The summed E-state index contributed by atoms with van der Waals surface area (Å²) in [5, 5.41) is 10.3. The molecule has 4 rings (SSSR count). The van der Waals surface area contributed by atoms with Gasteiger partial charge in [-0.3, -0.25) is 9.78 Å². The number of rotatable bonds is 3. The van der Waals surface area contributed by atoms with E-state index in [1.54, 1.807) is 12.4 Å². The highest BCUT2D eigenvalue weighted by molar-refractivity contribution is 5.96. The van der Waals surface area contributed by atoms with E-state index in [9.17, 15) is 4.79 Å². The molecule has 4 heterocycles. The molecule has 28 heavy (non-hydrogen) atoms. The number of nitrogens with zero attached hydrogens (tertiary/aromatic N) is 3. The Bertz CT molecular complexity index is 877. The lowest BCUT2D eigenvalue weighted by Crippen LogP contribution is -2.60. The number of carbonyl (C=O) groups is 1. The molecule has 1 amide bonds. The van der Waals surface area contributed by atoms with Crippen molar-refractivity contribution in [3.8, 4) is 11.4 Å². The smallest absolute Gasteiger partial charge is 0.270 e. The Morgan fingerprint density at radius 1 is 1.14 bits per heavy atom. The van der Waals surface area contributed by atoms with Crippen molar-refractivity contribution in [2.45, 2.75) is 64.1 Å². The molecule has 1 fully saturated rings. The molecule has 0 saturated carbocycles. The van der Waals surface area contributed by atoms with Gasteiger partial charge in [0.25, 0.3) is 5.91 Å². The van der Waals surface area contributed by atoms with Crippen LogP contribution in [0.3, 0.4) is 0 Å². The van der Waals surface area contributed by atoms with E-state index >= 15 is 0 Å². The highest BCUT2D eigenvalue weighted by Gasteiger charge is 2.38. The molecule has 7 heteroatoms. The molecule has 0 radical (unpaired) electrons. The highest BCUT2D eigenvalue weighted by atomic mass is 16.1. The quantitative estimate of drug-likeness (QED) is 0.758. The molecule has 0 bridgehead atoms. The molecule has 2 aliphatic rings. The van der Waals surface area contributed by atoms with Crippen LogP contribution in [0.4, 0.5) is 5.82 Å². The Morgan fingerprint density at radius 2 is 1.89 bits per heavy atom. The maximum Gasteiger partial charge on any atom is 0.270 e. The SMILES string of the molecule is CC1(C)CC(Nc2nc(-c3cccnc3)nc3c2CCNC3=O)CC(C)(C)N1. The van der Waals surface area contributed by atoms with Gasteiger partial charge in [0.15, 0.2) is 5.82 Å². The maximum absolute atomic E-state index is 12.5. The van der Waals surface area contributed by atoms with Crippen LogP contribution in [0.25, 0.3) is 11.4 Å². The largest absolute Gasteiger partial charge is 0.367 e. The molecule has 2 aromatic heterocycles. The normalized spacial score (nSPS) is 20.9. The fourth-order valence-electron chi connectivity index (χ4n) is 4.65. The molecule has 3 N–H and O–H groups in total. The number of carbonyl (C=O) groups excluding carboxylic acids is 1. The Labute approximate surface area is 165 Å². The fraction of sp³-hybridized carbons (Fsp3) is 0.524. The van der Waals surface area contributed by atoms with Crippen LogP contribution in [0, 0.1) is 0 Å². The van der Waals surface area contributed by atoms with Gasteiger partial charge in [0.05, 0.1) is 0 Å². The van der Waals surface area contributed by atoms with Crippen LogP contribution >= 0.6 is 0 Å². The van der Waals surface area contributed by atoms with Crippen molar-refractivity contribution in [2.24, 2.45) is 0 Å². The van der Waals surface area contributed by atoms with Crippen LogP contribution in [-0.2, 0) is 6.42 Å². The molecule has 0 unspecified atom stereocenters. The average molecular weight is 380 g/mol. The van der Waals surface area contributed by atoms with Crippen molar-refractivity contribution in [1.29, 1.82) is 0 Å². The highest BCUT2D eigenvalue weighted by Crippen LogP contribution is 2.32. The third kappa shape index (κ3) is 3.85. The lowest BCUT2D eigenvalue weighted by Gasteiger charge is -2.47. The number of aromatic nitrogens is 3. The van der Waals surface area contributed by atoms with Gasteiger partial charge in [-0.2, -0.15) is 0 Å². The van der Waals surface area contributed by atoms with E-state index in [2.05, 4.69) is 53.6 Å². The molecular weight excluding hydrogens is 352 g/mol. The van der Waals surface area contributed by atoms with Crippen molar-refractivity contribution in [3.63, 3.8) is 0 Å². The molecule has 2 aromatic rings. The minimum atomic E-state index is -0.136. The van der Waals surface area contributed by atoms with Gasteiger partial charge in [-0.05, 0) is 59.1 Å². The Hall–Kier alpha value is -2.54. The van der Waals surface area contributed by atoms with Crippen LogP contribution in [0.1, 0.15) is 56.6 Å². The molecular formula is C21H28N6O. The molecule has 7 nitrogen and oxygen atoms in total. The molecule has 0 aromatic carbocycles. The minimum Gasteiger partial charge on any atom is -0.367 e. The van der Waals surface area contributed by atoms with Crippen LogP contribution in [0.5, 0.6) is 0 Å². The maximum atomic E-state index is 12.5. The van der Waals surface area contributed by atoms with Crippen LogP contribution in [0.2, 0.25) is 0 Å². The molecule has 2 aliphatic heterocycles. The topological polar surface area (TPSA) is 91.8 Å². The van der Waals surface area contributed by atoms with E-state index in [0.29, 0.717) is 18.1 Å². The van der Waals surface area contributed by atoms with E-state index < -0.39 is 0 Å². The summed E-state index contributed by atoms with van der Waals surface area (Å²) in [6, 6.07) is 4.02. The van der Waals surface area contributed by atoms with Gasteiger partial charge in [0.2, 0.25) is 0 Å². The zero-order valence-corrected chi connectivity index (χ0v) is 17.0. The van der Waals surface area contributed by atoms with Crippen LogP contribution in [-0.4, -0.2) is 44.5 Å². The van der Waals surface area contributed by atoms with Crippen LogP contribution in [0.15, 0.2) is 24.5 Å². The summed E-state index contributed by atoms with van der Waals surface area (Å²) in [7, 11) is 0. The van der Waals surface area contributed by atoms with Crippen molar-refractivity contribution >= 4 is 11.7 Å². The van der Waals surface area contributed by atoms with Crippen molar-refractivity contribution in [2.75, 3.05) is 11.9 Å². The first-order chi connectivity index (χ1) is 13.2. The number of piperidine rings is 1. The summed E-state index contributed by atoms with van der Waals surface area (Å²) >= 11 is 0. The Balaban J connectivity index is 1.73. The van der Waals surface area contributed by atoms with Gasteiger partial charge in [0, 0.05) is 47.2 Å². The third-order valence-electron chi connectivity index (χ3n) is 5.33. The second kappa shape index (κ2) is 6.81. The third-order valence-corrected chi connectivity index (χ3v) is 5.33. The zero-order valence-electron chi connectivity index (χ0n) is 17.0. The first kappa shape index (κ1) is 18.8. The zero-order chi connectivity index (χ0) is 19.9. The standard InChI is InChI=1S/C21H28N6O/c1-20(2)10-14(11-21(3,4)27-20)24-18-15-7-9-23-19(28)16(15)25-17(26-18)13-6-5-8-22-12-13/h5-6,8,12,14,27H,7,9-11H2,1-4H3,(H,23,28)(H,24,25,26). The average Bonchev–Trinajstić information content (AvgIpc) is 2.60. The number of fused-ring (bicyclic) bond motifs is 1. The second-order valence-electron chi connectivity index (χ2n) is 9.11. The van der Waals surface area contributed by atoms with Gasteiger partial charge in [-0.1, -0.05) is 0 Å². The Morgan fingerprint density at radius 3 is 2.57 bits per heavy atom. The predicted octanol–water partition coefficient (Wildman–Crippen LogP) is 2.55. The number of pyridine rings is 1. The van der Waals surface area contributed by atoms with Crippen molar-refractivity contribution < 1.29 is 4.79 Å². The second-order valence-corrected chi connectivity index (χ2v) is 9.11. The van der Waals surface area contributed by atoms with Crippen LogP contribution < -0.4 is 16.0 Å². The number of hydrogen-bond donors (Lipinski definition) is 3. The van der Waals surface area contributed by atoms with Gasteiger partial charge in [-0.15, -0.1) is 0 Å². The predicted molar refractivity (Wildman–Crippen MR) is 109 cm³/mol. The number of nitrogens with one attached hydrogen (secondary N) is 3. The monoisotopic (exact) mass is 380 g/mol. The number of hydrogen-bond acceptors (Lipinski definition) is 6. The molecule has 0 atom stereocenters. The summed E-state index contributed by atoms with van der Waals surface area (Å²) < 4.78 is 0. The summed E-state index contributed by atoms with van der Waals surface area (Å²) in [6.07, 6.45) is 6.12. The molecule has 1 saturated heterocycles. The van der Waals surface area contributed by atoms with Gasteiger partial charge >= 0.3 is 0 Å². The first-order valence-corrected chi connectivity index (χ1v) is 9.88. The Kier molecular flexibility index (Phi) is 4.57. The molecule has 0 aliphatic carbocycles. The summed E-state index contributed by atoms with van der Waals surface area (Å²) in [5.41, 5.74) is 2.23. The van der Waals surface area contributed by atoms with E-state index in [1.165, 1.54) is 0 Å². The lowest BCUT2D eigenvalue weighted by atomic mass is 9.79. The lowest BCUT2D eigenvalue weighted by molar-refractivity contribution is 0.0940. The summed E-state index contributed by atoms with van der Waals surface area (Å²) in [4.78, 5) is 26.0. The molecule has 148 valence electrons. The van der Waals surface area contributed by atoms with E-state index in [4.69, 9.17) is 4.98 Å². The number of amides is 1. The van der Waals surface area contributed by atoms with Gasteiger partial charge in [0.1, 0.15) is 11.5 Å². The van der Waals surface area contributed by atoms with E-state index in [0.717, 1.165) is 36.2 Å². The minimum absolute atomic E-state index is 0.0239. The summed E-state index contributed by atoms with van der Waals surface area (Å²) in [5.74, 6) is 1.17. The fourth-order valence-corrected chi connectivity index (χ4v) is 4.65. The van der Waals surface area contributed by atoms with Crippen molar-refractivity contribution in [3.05, 3.63) is 35.8 Å². The van der Waals surface area contributed by atoms with Gasteiger partial charge in [-0.25, -0.2) is 9.97 Å².